The molecule has 2 aromatic carbocycles. The number of hydrogen-bond acceptors (Lipinski definition) is 6. The van der Waals surface area contributed by atoms with E-state index in [4.69, 9.17) is 4.74 Å². The van der Waals surface area contributed by atoms with E-state index in [2.05, 4.69) is 15.2 Å². The highest BCUT2D eigenvalue weighted by molar-refractivity contribution is 6.11. The van der Waals surface area contributed by atoms with E-state index >= 15 is 0 Å². The number of anilines is 3. The van der Waals surface area contributed by atoms with Gasteiger partial charge in [0, 0.05) is 43.6 Å². The summed E-state index contributed by atoms with van der Waals surface area (Å²) in [6, 6.07) is 18.7. The van der Waals surface area contributed by atoms with E-state index in [1.54, 1.807) is 59.6 Å². The van der Waals surface area contributed by atoms with E-state index in [0.29, 0.717) is 55.5 Å². The van der Waals surface area contributed by atoms with Crippen LogP contribution in [0.1, 0.15) is 12.5 Å². The fourth-order valence-corrected chi connectivity index (χ4v) is 4.61. The quantitative estimate of drug-likeness (QED) is 0.591. The number of urea groups is 1. The summed E-state index contributed by atoms with van der Waals surface area (Å²) in [5.41, 5.74) is -1.10. The number of rotatable bonds is 5. The number of pyridine rings is 1. The maximum Gasteiger partial charge on any atom is 0.329 e. The van der Waals surface area contributed by atoms with Gasteiger partial charge in [-0.2, -0.15) is 0 Å². The first-order valence-electron chi connectivity index (χ1n) is 11.6. The maximum absolute atomic E-state index is 14.0. The number of aromatic nitrogens is 1. The minimum absolute atomic E-state index is 0.325. The molecule has 0 radical (unpaired) electrons. The average molecular weight is 474 g/mol. The van der Waals surface area contributed by atoms with Gasteiger partial charge in [-0.25, -0.2) is 9.78 Å². The van der Waals surface area contributed by atoms with Crippen molar-refractivity contribution < 1.29 is 19.4 Å². The van der Waals surface area contributed by atoms with Crippen LogP contribution in [0.5, 0.6) is 5.75 Å². The number of carbonyl (C=O) groups excluding carboxylic acids is 2. The molecule has 2 aliphatic rings. The molecular formula is C26H27N5O4. The minimum atomic E-state index is -2.21. The molecule has 9 heteroatoms. The van der Waals surface area contributed by atoms with Crippen LogP contribution in [-0.4, -0.2) is 59.7 Å². The predicted molar refractivity (Wildman–Crippen MR) is 132 cm³/mol. The zero-order chi connectivity index (χ0) is 24.4. The second-order valence-electron chi connectivity index (χ2n) is 8.38. The van der Waals surface area contributed by atoms with Gasteiger partial charge in [-0.3, -0.25) is 9.69 Å². The van der Waals surface area contributed by atoms with E-state index in [9.17, 15) is 14.7 Å². The first-order valence-corrected chi connectivity index (χ1v) is 11.6. The summed E-state index contributed by atoms with van der Waals surface area (Å²) in [6.45, 7) is 4.29. The molecule has 1 aromatic heterocycles. The number of hydrogen-bond donors (Lipinski definition) is 2. The summed E-state index contributed by atoms with van der Waals surface area (Å²) in [7, 11) is 0. The Labute approximate surface area is 203 Å². The summed E-state index contributed by atoms with van der Waals surface area (Å²) in [4.78, 5) is 36.4. The Balaban J connectivity index is 1.48. The van der Waals surface area contributed by atoms with Gasteiger partial charge >= 0.3 is 6.03 Å². The van der Waals surface area contributed by atoms with E-state index in [1.807, 2.05) is 25.1 Å². The van der Waals surface area contributed by atoms with Gasteiger partial charge in [-0.15, -0.1) is 0 Å². The Kier molecular flexibility index (Phi) is 6.00. The zero-order valence-corrected chi connectivity index (χ0v) is 19.4. The third-order valence-corrected chi connectivity index (χ3v) is 6.32. The van der Waals surface area contributed by atoms with Crippen molar-refractivity contribution in [3.8, 4) is 5.75 Å². The first kappa shape index (κ1) is 22.7. The number of benzene rings is 2. The molecule has 2 aliphatic heterocycles. The van der Waals surface area contributed by atoms with E-state index in [1.165, 1.54) is 0 Å². The molecule has 2 N–H and O–H groups in total. The Hall–Kier alpha value is -4.11. The van der Waals surface area contributed by atoms with E-state index < -0.39 is 17.7 Å². The molecule has 3 aromatic rings. The summed E-state index contributed by atoms with van der Waals surface area (Å²) in [5, 5.41) is 14.9. The van der Waals surface area contributed by atoms with Gasteiger partial charge in [-0.05, 0) is 49.4 Å². The third-order valence-electron chi connectivity index (χ3n) is 6.32. The van der Waals surface area contributed by atoms with Gasteiger partial charge < -0.3 is 25.0 Å². The number of nitrogens with zero attached hydrogens (tertiary/aromatic N) is 4. The van der Waals surface area contributed by atoms with Gasteiger partial charge in [0.25, 0.3) is 11.6 Å². The van der Waals surface area contributed by atoms with Gasteiger partial charge in [-0.1, -0.05) is 24.3 Å². The molecule has 0 spiro atoms. The zero-order valence-electron chi connectivity index (χ0n) is 19.4. The van der Waals surface area contributed by atoms with Crippen molar-refractivity contribution in [2.24, 2.45) is 0 Å². The van der Waals surface area contributed by atoms with E-state index in [0.717, 1.165) is 10.7 Å². The van der Waals surface area contributed by atoms with Crippen LogP contribution in [0.3, 0.4) is 0 Å². The molecule has 3 heterocycles. The Morgan fingerprint density at radius 1 is 1.03 bits per heavy atom. The molecule has 1 saturated heterocycles. The van der Waals surface area contributed by atoms with Crippen LogP contribution >= 0.6 is 0 Å². The molecule has 1 fully saturated rings. The van der Waals surface area contributed by atoms with Crippen molar-refractivity contribution >= 4 is 29.1 Å². The molecule has 0 bridgehead atoms. The smallest absolute Gasteiger partial charge is 0.329 e. The first-order chi connectivity index (χ1) is 17.0. The fourth-order valence-electron chi connectivity index (χ4n) is 4.61. The third kappa shape index (κ3) is 4.04. The van der Waals surface area contributed by atoms with Crippen molar-refractivity contribution in [1.29, 1.82) is 0 Å². The monoisotopic (exact) mass is 473 g/mol. The SMILES string of the molecule is CCOc1ccc(N2C(=O)Nc3ccccc3C2(O)C(=O)N2CCN(c3ccccn3)CC2)cc1. The van der Waals surface area contributed by atoms with E-state index in [-0.39, 0.29) is 0 Å². The second-order valence-corrected chi connectivity index (χ2v) is 8.38. The van der Waals surface area contributed by atoms with Crippen LogP contribution in [0, 0.1) is 0 Å². The highest BCUT2D eigenvalue weighted by atomic mass is 16.5. The molecule has 180 valence electrons. The standard InChI is InChI=1S/C26H27N5O4/c1-2-35-20-12-10-19(11-13-20)31-25(33)28-22-8-4-3-7-21(22)26(31,34)24(32)30-17-15-29(16-18-30)23-9-5-6-14-27-23/h3-14,34H,2,15-18H2,1H3,(H,28,33). The molecule has 0 aliphatic carbocycles. The summed E-state index contributed by atoms with van der Waals surface area (Å²) < 4.78 is 5.51. The van der Waals surface area contributed by atoms with Crippen molar-refractivity contribution in [3.05, 3.63) is 78.5 Å². The Bertz CT molecular complexity index is 1210. The number of para-hydroxylation sites is 1. The lowest BCUT2D eigenvalue weighted by molar-refractivity contribution is -0.152. The van der Waals surface area contributed by atoms with Gasteiger partial charge in [0.1, 0.15) is 11.6 Å². The van der Waals surface area contributed by atoms with Gasteiger partial charge in [0.2, 0.25) is 0 Å². The Morgan fingerprint density at radius 2 is 1.74 bits per heavy atom. The van der Waals surface area contributed by atoms with Crippen LogP contribution in [0.4, 0.5) is 22.0 Å². The molecule has 5 rings (SSSR count). The molecule has 3 amide bonds. The number of carbonyl (C=O) groups is 2. The lowest BCUT2D eigenvalue weighted by Crippen LogP contribution is -2.65. The summed E-state index contributed by atoms with van der Waals surface area (Å²) in [5.74, 6) is 0.931. The summed E-state index contributed by atoms with van der Waals surface area (Å²) >= 11 is 0. The number of nitrogens with one attached hydrogen (secondary N) is 1. The van der Waals surface area contributed by atoms with Crippen molar-refractivity contribution in [3.63, 3.8) is 0 Å². The lowest BCUT2D eigenvalue weighted by Gasteiger charge is -2.46. The van der Waals surface area contributed by atoms with Gasteiger partial charge in [0.15, 0.2) is 0 Å². The largest absolute Gasteiger partial charge is 0.494 e. The minimum Gasteiger partial charge on any atom is -0.494 e. The van der Waals surface area contributed by atoms with Gasteiger partial charge in [0.05, 0.1) is 12.3 Å². The number of ether oxygens (including phenoxy) is 1. The average Bonchev–Trinajstić information content (AvgIpc) is 2.90. The molecule has 1 unspecified atom stereocenters. The van der Waals surface area contributed by atoms with Crippen molar-refractivity contribution in [2.45, 2.75) is 12.6 Å². The van der Waals surface area contributed by atoms with Crippen LogP contribution in [0.25, 0.3) is 0 Å². The highest BCUT2D eigenvalue weighted by Gasteiger charge is 2.53. The van der Waals surface area contributed by atoms with Crippen LogP contribution in [0.2, 0.25) is 0 Å². The molecule has 1 atom stereocenters. The maximum atomic E-state index is 14.0. The van der Waals surface area contributed by atoms with Crippen molar-refractivity contribution in [1.82, 2.24) is 9.88 Å². The molecular weight excluding hydrogens is 446 g/mol. The number of amides is 3. The number of aliphatic hydroxyl groups is 1. The highest BCUT2D eigenvalue weighted by Crippen LogP contribution is 2.41. The topological polar surface area (TPSA) is 98.2 Å². The molecule has 9 nitrogen and oxygen atoms in total. The number of fused-ring (bicyclic) bond motifs is 1. The summed E-state index contributed by atoms with van der Waals surface area (Å²) in [6.07, 6.45) is 1.74. The van der Waals surface area contributed by atoms with Crippen LogP contribution in [0.15, 0.2) is 72.9 Å². The number of piperazine rings is 1. The lowest BCUT2D eigenvalue weighted by atomic mass is 9.94. The fraction of sp³-hybridized carbons (Fsp3) is 0.269. The predicted octanol–water partition coefficient (Wildman–Crippen LogP) is 3.03. The van der Waals surface area contributed by atoms with Crippen LogP contribution in [-0.2, 0) is 10.5 Å². The van der Waals surface area contributed by atoms with Crippen LogP contribution < -0.4 is 19.9 Å². The second kappa shape index (κ2) is 9.27. The Morgan fingerprint density at radius 3 is 2.43 bits per heavy atom. The van der Waals surface area contributed by atoms with Crippen molar-refractivity contribution in [2.75, 3.05) is 47.9 Å². The molecule has 35 heavy (non-hydrogen) atoms. The normalized spacial score (nSPS) is 19.7. The molecule has 0 saturated carbocycles.